The van der Waals surface area contributed by atoms with Gasteiger partial charge >= 0.3 is 33.0 Å². The maximum absolute atomic E-state index is 4.70. The van der Waals surface area contributed by atoms with E-state index in [1.54, 1.807) is 0 Å². The Morgan fingerprint density at radius 1 is 0.286 bits per heavy atom. The van der Waals surface area contributed by atoms with Gasteiger partial charge in [-0.25, -0.2) is 0 Å². The molecule has 0 aliphatic heterocycles. The normalized spacial score (nSPS) is 11.2. The maximum Gasteiger partial charge on any atom is -0.0195 e. The summed E-state index contributed by atoms with van der Waals surface area (Å²) in [5.41, 5.74) is 0. The van der Waals surface area contributed by atoms with Crippen LogP contribution in [0.1, 0.15) is 0 Å². The molecule has 7 heteroatoms. The fourth-order valence-corrected chi connectivity index (χ4v) is 18.0. The fourth-order valence-electron chi connectivity index (χ4n) is 5.93. The molecule has 0 atom stereocenters. The van der Waals surface area contributed by atoms with Crippen LogP contribution in [0.3, 0.4) is 0 Å². The van der Waals surface area contributed by atoms with Crippen LogP contribution in [0.2, 0.25) is 0 Å². The van der Waals surface area contributed by atoms with E-state index in [9.17, 15) is 0 Å². The molecule has 6 rings (SSSR count). The third-order valence-electron chi connectivity index (χ3n) is 8.33. The van der Waals surface area contributed by atoms with E-state index < -0.39 is 0 Å². The van der Waals surface area contributed by atoms with Crippen LogP contribution in [0.5, 0.6) is 0 Å². The summed E-state index contributed by atoms with van der Waals surface area (Å²) < 4.78 is 0. The van der Waals surface area contributed by atoms with E-state index in [1.807, 2.05) is 0 Å². The zero-order valence-electron chi connectivity index (χ0n) is 27.4. The molecule has 0 spiro atoms. The topological polar surface area (TPSA) is 0 Å². The summed E-state index contributed by atoms with van der Waals surface area (Å²) >= 11 is 0.569. The number of hydrogen-bond donors (Lipinski definition) is 0. The van der Waals surface area contributed by atoms with Crippen LogP contribution in [-0.4, -0.2) is 37.0 Å². The largest absolute Gasteiger partial charge is 0.106 e. The van der Waals surface area contributed by atoms with E-state index in [-0.39, 0.29) is 31.7 Å². The Balaban J connectivity index is 0.00000151. The van der Waals surface area contributed by atoms with Crippen LogP contribution < -0.4 is 31.8 Å². The minimum Gasteiger partial charge on any atom is -0.106 e. The second kappa shape index (κ2) is 22.1. The molecule has 0 bridgehead atoms. The Kier molecular flexibility index (Phi) is 17.3. The SMILES string of the molecule is [Cl][Ni][Cl].c1ccc(P(CCP(CCP(c2ccccc2)c2ccccc2)CCP(c2ccccc2)c2ccccc2)c2ccccc2)cc1. The van der Waals surface area contributed by atoms with Crippen LogP contribution in [0.4, 0.5) is 0 Å². The van der Waals surface area contributed by atoms with E-state index in [0.29, 0.717) is 12.7 Å². The molecule has 6 aromatic rings. The first-order valence-electron chi connectivity index (χ1n) is 16.4. The maximum atomic E-state index is 4.70. The molecule has 6 aromatic carbocycles. The predicted molar refractivity (Wildman–Crippen MR) is 225 cm³/mol. The molecule has 0 aliphatic rings. The van der Waals surface area contributed by atoms with E-state index >= 15 is 0 Å². The predicted octanol–water partition coefficient (Wildman–Crippen LogP) is 10.2. The minimum absolute atomic E-state index is 0.152. The molecule has 0 N–H and O–H groups in total. The van der Waals surface area contributed by atoms with Crippen LogP contribution >= 0.6 is 52.1 Å². The second-order valence-electron chi connectivity index (χ2n) is 11.4. The molecule has 0 nitrogen and oxygen atoms in total. The minimum atomic E-state index is -0.384. The second-order valence-corrected chi connectivity index (χ2v) is 22.7. The average molecular weight is 800 g/mol. The van der Waals surface area contributed by atoms with Crippen LogP contribution in [0, 0.1) is 0 Å². The standard InChI is InChI=1S/C42H42P4.2ClH.Ni/c1-7-19-37(20-8-1)44(38-21-9-2-10-22-38)34-31-43(32-35-45(39-23-11-3-12-24-39)40-25-13-4-14-26-40)33-36-46(41-27-15-5-16-28-41)42-29-17-6-18-30-42;;;/h1-30H,31-36H2;2*1H;/q;;;+2/p-2. The van der Waals surface area contributed by atoms with Gasteiger partial charge < -0.3 is 0 Å². The van der Waals surface area contributed by atoms with Crippen LogP contribution in [0.15, 0.2) is 182 Å². The molecule has 0 aromatic heterocycles. The van der Waals surface area contributed by atoms with Gasteiger partial charge in [-0.15, -0.1) is 7.92 Å². The van der Waals surface area contributed by atoms with E-state index in [2.05, 4.69) is 182 Å². The molecule has 0 saturated carbocycles. The number of benzene rings is 6. The smallest absolute Gasteiger partial charge is 0.0195 e. The Bertz CT molecular complexity index is 1390. The van der Waals surface area contributed by atoms with Crippen molar-refractivity contribution in [3.8, 4) is 0 Å². The van der Waals surface area contributed by atoms with Gasteiger partial charge in [0.05, 0.1) is 0 Å². The molecular weight excluding hydrogens is 758 g/mol. The number of rotatable bonds is 15. The van der Waals surface area contributed by atoms with Crippen molar-refractivity contribution >= 4 is 83.9 Å². The summed E-state index contributed by atoms with van der Waals surface area (Å²) in [6.45, 7) is 0. The van der Waals surface area contributed by atoms with Crippen molar-refractivity contribution in [1.82, 2.24) is 0 Å². The zero-order chi connectivity index (χ0) is 33.9. The van der Waals surface area contributed by atoms with Crippen molar-refractivity contribution < 1.29 is 12.7 Å². The van der Waals surface area contributed by atoms with Gasteiger partial charge in [0, 0.05) is 0 Å². The van der Waals surface area contributed by atoms with Crippen molar-refractivity contribution in [2.75, 3.05) is 37.0 Å². The molecule has 0 saturated heterocycles. The first-order chi connectivity index (χ1) is 24.3. The summed E-state index contributed by atoms with van der Waals surface area (Å²) in [7, 11) is 8.10. The Morgan fingerprint density at radius 2 is 0.449 bits per heavy atom. The average Bonchev–Trinajstić information content (AvgIpc) is 3.17. The van der Waals surface area contributed by atoms with Crippen LogP contribution in [0.25, 0.3) is 0 Å². The van der Waals surface area contributed by atoms with Gasteiger partial charge in [-0.2, -0.15) is 0 Å². The van der Waals surface area contributed by atoms with Crippen molar-refractivity contribution in [2.45, 2.75) is 0 Å². The molecular formula is C42H42Cl2NiP4. The van der Waals surface area contributed by atoms with Gasteiger partial charge in [0.25, 0.3) is 0 Å². The van der Waals surface area contributed by atoms with Gasteiger partial charge in [0.2, 0.25) is 0 Å². The molecule has 0 radical (unpaired) electrons. The number of hydrogen-bond acceptors (Lipinski definition) is 0. The Labute approximate surface area is 313 Å². The molecule has 0 amide bonds. The molecule has 0 heterocycles. The first-order valence-corrected chi connectivity index (χ1v) is 25.6. The van der Waals surface area contributed by atoms with Gasteiger partial charge in [0.15, 0.2) is 0 Å². The first kappa shape index (κ1) is 38.3. The third kappa shape index (κ3) is 12.4. The van der Waals surface area contributed by atoms with E-state index in [0.717, 1.165) is 0 Å². The van der Waals surface area contributed by atoms with E-state index in [4.69, 9.17) is 20.4 Å². The Morgan fingerprint density at radius 3 is 0.612 bits per heavy atom. The monoisotopic (exact) mass is 798 g/mol. The molecule has 0 fully saturated rings. The van der Waals surface area contributed by atoms with Gasteiger partial charge in [-0.05, 0) is 92.6 Å². The number of halogens is 2. The third-order valence-corrected chi connectivity index (χ3v) is 19.5. The zero-order valence-corrected chi connectivity index (χ0v) is 33.5. The molecule has 0 unspecified atom stereocenters. The summed E-state index contributed by atoms with van der Waals surface area (Å²) in [5.74, 6) is 0. The van der Waals surface area contributed by atoms with Crippen molar-refractivity contribution in [3.05, 3.63) is 182 Å². The van der Waals surface area contributed by atoms with Crippen LogP contribution in [-0.2, 0) is 12.7 Å². The van der Waals surface area contributed by atoms with Crippen molar-refractivity contribution in [3.63, 3.8) is 0 Å². The molecule has 254 valence electrons. The van der Waals surface area contributed by atoms with Gasteiger partial charge in [-0.3, -0.25) is 0 Å². The van der Waals surface area contributed by atoms with Crippen molar-refractivity contribution in [1.29, 1.82) is 0 Å². The van der Waals surface area contributed by atoms with Gasteiger partial charge in [-0.1, -0.05) is 182 Å². The molecule has 0 aliphatic carbocycles. The van der Waals surface area contributed by atoms with E-state index in [1.165, 1.54) is 68.8 Å². The fraction of sp³-hybridized carbons (Fsp3) is 0.143. The summed E-state index contributed by atoms with van der Waals surface area (Å²) in [5, 5.41) is 9.03. The summed E-state index contributed by atoms with van der Waals surface area (Å²) in [6.07, 6.45) is 7.76. The Hall–Kier alpha value is -1.89. The quantitative estimate of drug-likeness (QED) is 0.0717. The summed E-state index contributed by atoms with van der Waals surface area (Å²) in [6, 6.07) is 67.8. The summed E-state index contributed by atoms with van der Waals surface area (Å²) in [4.78, 5) is 0. The molecule has 49 heavy (non-hydrogen) atoms. The van der Waals surface area contributed by atoms with Gasteiger partial charge in [0.1, 0.15) is 0 Å². The van der Waals surface area contributed by atoms with Crippen molar-refractivity contribution in [2.24, 2.45) is 0 Å².